The molecule has 18 heavy (non-hydrogen) atoms. The van der Waals surface area contributed by atoms with Crippen molar-refractivity contribution in [2.45, 2.75) is 32.6 Å². The SMILES string of the molecule is CCC(CN)C(=O)NCC(C)(C)c1cccnc1. The first-order chi connectivity index (χ1) is 8.51. The van der Waals surface area contributed by atoms with Crippen LogP contribution in [0.4, 0.5) is 0 Å². The Hall–Kier alpha value is -1.42. The Bertz CT molecular complexity index is 372. The Labute approximate surface area is 109 Å². The summed E-state index contributed by atoms with van der Waals surface area (Å²) in [7, 11) is 0. The zero-order chi connectivity index (χ0) is 13.6. The summed E-state index contributed by atoms with van der Waals surface area (Å²) < 4.78 is 0. The van der Waals surface area contributed by atoms with E-state index in [9.17, 15) is 4.79 Å². The molecular weight excluding hydrogens is 226 g/mol. The molecule has 1 atom stereocenters. The van der Waals surface area contributed by atoms with Crippen molar-refractivity contribution >= 4 is 5.91 Å². The fourth-order valence-electron chi connectivity index (χ4n) is 1.78. The number of hydrogen-bond donors (Lipinski definition) is 2. The van der Waals surface area contributed by atoms with Crippen LogP contribution in [0, 0.1) is 5.92 Å². The van der Waals surface area contributed by atoms with Crippen LogP contribution in [0.15, 0.2) is 24.5 Å². The summed E-state index contributed by atoms with van der Waals surface area (Å²) in [5, 5.41) is 2.98. The number of rotatable bonds is 6. The quantitative estimate of drug-likeness (QED) is 0.802. The lowest BCUT2D eigenvalue weighted by Gasteiger charge is -2.26. The fourth-order valence-corrected chi connectivity index (χ4v) is 1.78. The predicted molar refractivity (Wildman–Crippen MR) is 73.1 cm³/mol. The third-order valence-corrected chi connectivity index (χ3v) is 3.30. The van der Waals surface area contributed by atoms with Crippen LogP contribution >= 0.6 is 0 Å². The van der Waals surface area contributed by atoms with E-state index in [1.807, 2.05) is 25.3 Å². The smallest absolute Gasteiger partial charge is 0.224 e. The number of carbonyl (C=O) groups excluding carboxylic acids is 1. The summed E-state index contributed by atoms with van der Waals surface area (Å²) in [6.45, 7) is 7.15. The molecule has 0 spiro atoms. The Kier molecular flexibility index (Phi) is 5.28. The summed E-state index contributed by atoms with van der Waals surface area (Å²) >= 11 is 0. The Balaban J connectivity index is 2.60. The molecule has 0 aliphatic rings. The topological polar surface area (TPSA) is 68.0 Å². The van der Waals surface area contributed by atoms with E-state index in [0.717, 1.165) is 12.0 Å². The van der Waals surface area contributed by atoms with Crippen molar-refractivity contribution in [2.24, 2.45) is 11.7 Å². The van der Waals surface area contributed by atoms with E-state index < -0.39 is 0 Å². The molecule has 0 bridgehead atoms. The highest BCUT2D eigenvalue weighted by Crippen LogP contribution is 2.21. The van der Waals surface area contributed by atoms with Crippen LogP contribution in [0.2, 0.25) is 0 Å². The molecule has 0 aromatic carbocycles. The molecule has 100 valence electrons. The molecule has 1 rings (SSSR count). The molecule has 1 heterocycles. The summed E-state index contributed by atoms with van der Waals surface area (Å²) in [5.41, 5.74) is 6.55. The van der Waals surface area contributed by atoms with E-state index >= 15 is 0 Å². The molecule has 1 amide bonds. The number of aromatic nitrogens is 1. The Morgan fingerprint density at radius 2 is 2.28 bits per heavy atom. The molecule has 3 N–H and O–H groups in total. The first kappa shape index (κ1) is 14.6. The lowest BCUT2D eigenvalue weighted by Crippen LogP contribution is -2.41. The van der Waals surface area contributed by atoms with Gasteiger partial charge in [0.05, 0.1) is 0 Å². The Morgan fingerprint density at radius 3 is 2.78 bits per heavy atom. The maximum Gasteiger partial charge on any atom is 0.224 e. The van der Waals surface area contributed by atoms with Crippen molar-refractivity contribution in [3.63, 3.8) is 0 Å². The van der Waals surface area contributed by atoms with Crippen LogP contribution in [-0.4, -0.2) is 24.0 Å². The summed E-state index contributed by atoms with van der Waals surface area (Å²) in [5.74, 6) is -0.0494. The van der Waals surface area contributed by atoms with Gasteiger partial charge < -0.3 is 11.1 Å². The number of nitrogens with one attached hydrogen (secondary N) is 1. The average Bonchev–Trinajstić information content (AvgIpc) is 2.39. The van der Waals surface area contributed by atoms with E-state index in [1.165, 1.54) is 0 Å². The summed E-state index contributed by atoms with van der Waals surface area (Å²) in [6.07, 6.45) is 4.36. The molecule has 0 aliphatic heterocycles. The van der Waals surface area contributed by atoms with Gasteiger partial charge in [0, 0.05) is 36.8 Å². The number of nitrogens with zero attached hydrogens (tertiary/aromatic N) is 1. The third-order valence-electron chi connectivity index (χ3n) is 3.30. The van der Waals surface area contributed by atoms with Crippen molar-refractivity contribution in [2.75, 3.05) is 13.1 Å². The second-order valence-electron chi connectivity index (χ2n) is 5.18. The van der Waals surface area contributed by atoms with Crippen molar-refractivity contribution in [3.05, 3.63) is 30.1 Å². The number of pyridine rings is 1. The first-order valence-electron chi connectivity index (χ1n) is 6.39. The molecule has 0 radical (unpaired) electrons. The second kappa shape index (κ2) is 6.50. The molecule has 4 heteroatoms. The number of carbonyl (C=O) groups is 1. The van der Waals surface area contributed by atoms with E-state index in [1.54, 1.807) is 6.20 Å². The minimum absolute atomic E-state index is 0.0389. The van der Waals surface area contributed by atoms with Crippen LogP contribution in [0.5, 0.6) is 0 Å². The monoisotopic (exact) mass is 249 g/mol. The van der Waals surface area contributed by atoms with E-state index in [0.29, 0.717) is 13.1 Å². The first-order valence-corrected chi connectivity index (χ1v) is 6.39. The molecule has 1 aromatic rings. The van der Waals surface area contributed by atoms with Crippen LogP contribution in [0.1, 0.15) is 32.8 Å². The van der Waals surface area contributed by atoms with Crippen LogP contribution in [0.3, 0.4) is 0 Å². The van der Waals surface area contributed by atoms with Gasteiger partial charge in [-0.2, -0.15) is 0 Å². The minimum Gasteiger partial charge on any atom is -0.355 e. The summed E-state index contributed by atoms with van der Waals surface area (Å²) in [4.78, 5) is 16.0. The van der Waals surface area contributed by atoms with Crippen molar-refractivity contribution in [1.29, 1.82) is 0 Å². The van der Waals surface area contributed by atoms with Crippen LogP contribution in [0.25, 0.3) is 0 Å². The highest BCUT2D eigenvalue weighted by atomic mass is 16.1. The van der Waals surface area contributed by atoms with Gasteiger partial charge in [0.25, 0.3) is 0 Å². The zero-order valence-corrected chi connectivity index (χ0v) is 11.4. The average molecular weight is 249 g/mol. The van der Waals surface area contributed by atoms with Gasteiger partial charge in [-0.3, -0.25) is 9.78 Å². The fraction of sp³-hybridized carbons (Fsp3) is 0.571. The largest absolute Gasteiger partial charge is 0.355 e. The van der Waals surface area contributed by atoms with Gasteiger partial charge in [0.1, 0.15) is 0 Å². The molecule has 1 aromatic heterocycles. The molecule has 0 fully saturated rings. The van der Waals surface area contributed by atoms with Crippen LogP contribution in [-0.2, 0) is 10.2 Å². The second-order valence-corrected chi connectivity index (χ2v) is 5.18. The zero-order valence-electron chi connectivity index (χ0n) is 11.4. The van der Waals surface area contributed by atoms with Gasteiger partial charge in [0.2, 0.25) is 5.91 Å². The van der Waals surface area contributed by atoms with Crippen molar-refractivity contribution in [1.82, 2.24) is 10.3 Å². The van der Waals surface area contributed by atoms with Gasteiger partial charge >= 0.3 is 0 Å². The maximum atomic E-state index is 11.9. The van der Waals surface area contributed by atoms with Gasteiger partial charge in [-0.15, -0.1) is 0 Å². The third kappa shape index (κ3) is 3.81. The predicted octanol–water partition coefficient (Wildman–Crippen LogP) is 1.46. The normalized spacial score (nSPS) is 13.1. The maximum absolute atomic E-state index is 11.9. The van der Waals surface area contributed by atoms with Gasteiger partial charge in [0.15, 0.2) is 0 Å². The minimum atomic E-state index is -0.128. The standard InChI is InChI=1S/C14H23N3O/c1-4-11(8-15)13(18)17-10-14(2,3)12-6-5-7-16-9-12/h5-7,9,11H,4,8,10,15H2,1-3H3,(H,17,18). The van der Waals surface area contributed by atoms with Crippen molar-refractivity contribution < 1.29 is 4.79 Å². The van der Waals surface area contributed by atoms with Gasteiger partial charge in [-0.05, 0) is 18.1 Å². The highest BCUT2D eigenvalue weighted by molar-refractivity contribution is 5.78. The highest BCUT2D eigenvalue weighted by Gasteiger charge is 2.23. The molecule has 0 saturated heterocycles. The van der Waals surface area contributed by atoms with E-state index in [4.69, 9.17) is 5.73 Å². The van der Waals surface area contributed by atoms with Gasteiger partial charge in [-0.25, -0.2) is 0 Å². The molecule has 0 saturated carbocycles. The number of nitrogens with two attached hydrogens (primary N) is 1. The van der Waals surface area contributed by atoms with Crippen molar-refractivity contribution in [3.8, 4) is 0 Å². The van der Waals surface area contributed by atoms with E-state index in [-0.39, 0.29) is 17.2 Å². The van der Waals surface area contributed by atoms with Crippen LogP contribution < -0.4 is 11.1 Å². The number of amides is 1. The molecule has 4 nitrogen and oxygen atoms in total. The van der Waals surface area contributed by atoms with E-state index in [2.05, 4.69) is 24.1 Å². The lowest BCUT2D eigenvalue weighted by atomic mass is 9.85. The Morgan fingerprint density at radius 1 is 1.56 bits per heavy atom. The molecular formula is C14H23N3O. The molecule has 0 aliphatic carbocycles. The summed E-state index contributed by atoms with van der Waals surface area (Å²) in [6, 6.07) is 3.94. The van der Waals surface area contributed by atoms with Gasteiger partial charge in [-0.1, -0.05) is 26.8 Å². The molecule has 1 unspecified atom stereocenters. The number of hydrogen-bond acceptors (Lipinski definition) is 3. The lowest BCUT2D eigenvalue weighted by molar-refractivity contribution is -0.125.